The smallest absolute Gasteiger partial charge is 0.338 e. The maximum absolute atomic E-state index is 13.1. The predicted octanol–water partition coefficient (Wildman–Crippen LogP) is 3.94. The highest BCUT2D eigenvalue weighted by molar-refractivity contribution is 6.22. The van der Waals surface area contributed by atoms with Gasteiger partial charge in [0.1, 0.15) is 0 Å². The second-order valence-corrected chi connectivity index (χ2v) is 7.42. The summed E-state index contributed by atoms with van der Waals surface area (Å²) in [5, 5.41) is 0. The molecule has 0 bridgehead atoms. The number of carbonyl (C=O) groups excluding carboxylic acids is 3. The first-order chi connectivity index (χ1) is 13.6. The van der Waals surface area contributed by atoms with Crippen LogP contribution < -0.4 is 4.90 Å². The minimum absolute atomic E-state index is 0.150. The summed E-state index contributed by atoms with van der Waals surface area (Å²) < 4.78 is 5.03. The number of anilines is 1. The van der Waals surface area contributed by atoms with E-state index in [-0.39, 0.29) is 30.3 Å². The summed E-state index contributed by atoms with van der Waals surface area (Å²) in [6.07, 6.45) is 2.30. The van der Waals surface area contributed by atoms with Crippen molar-refractivity contribution in [3.05, 3.63) is 65.7 Å². The first kappa shape index (κ1) is 18.4. The molecule has 0 radical (unpaired) electrons. The summed E-state index contributed by atoms with van der Waals surface area (Å²) in [7, 11) is 0. The molecule has 5 nitrogen and oxygen atoms in total. The molecule has 1 heterocycles. The molecule has 1 aliphatic carbocycles. The van der Waals surface area contributed by atoms with Crippen molar-refractivity contribution < 1.29 is 19.1 Å². The number of hydrogen-bond donors (Lipinski definition) is 0. The standard InChI is InChI=1S/C23H23NO4/c1-2-28-23(27)17-9-6-10-18(13-17)24-21(25)19-12-11-16(14-20(19)22(24)26)15-7-4-3-5-8-15/h3-10,13,16,19-20H,2,11-12,14H2,1H3. The highest BCUT2D eigenvalue weighted by Crippen LogP contribution is 2.45. The summed E-state index contributed by atoms with van der Waals surface area (Å²) in [5.74, 6) is -1.02. The molecule has 0 spiro atoms. The van der Waals surface area contributed by atoms with Gasteiger partial charge in [-0.1, -0.05) is 36.4 Å². The van der Waals surface area contributed by atoms with Crippen molar-refractivity contribution in [1.82, 2.24) is 0 Å². The molecule has 2 aliphatic rings. The fourth-order valence-corrected chi connectivity index (χ4v) is 4.45. The third kappa shape index (κ3) is 3.21. The number of hydrogen-bond acceptors (Lipinski definition) is 4. The fraction of sp³-hybridized carbons (Fsp3) is 0.348. The van der Waals surface area contributed by atoms with Gasteiger partial charge in [0.15, 0.2) is 0 Å². The number of rotatable bonds is 4. The van der Waals surface area contributed by atoms with E-state index < -0.39 is 5.97 Å². The first-order valence-electron chi connectivity index (χ1n) is 9.80. The topological polar surface area (TPSA) is 63.7 Å². The van der Waals surface area contributed by atoms with Crippen LogP contribution in [0.15, 0.2) is 54.6 Å². The second kappa shape index (κ2) is 7.58. The molecule has 2 aromatic rings. The Labute approximate surface area is 164 Å². The van der Waals surface area contributed by atoms with Crippen LogP contribution in [-0.2, 0) is 14.3 Å². The van der Waals surface area contributed by atoms with Crippen molar-refractivity contribution in [3.8, 4) is 0 Å². The molecule has 2 aromatic carbocycles. The van der Waals surface area contributed by atoms with Crippen LogP contribution in [0.1, 0.15) is 48.0 Å². The molecule has 0 N–H and O–H groups in total. The molecule has 2 fully saturated rings. The van der Waals surface area contributed by atoms with Gasteiger partial charge >= 0.3 is 5.97 Å². The van der Waals surface area contributed by atoms with Gasteiger partial charge in [-0.2, -0.15) is 0 Å². The largest absolute Gasteiger partial charge is 0.462 e. The lowest BCUT2D eigenvalue weighted by atomic mass is 9.73. The van der Waals surface area contributed by atoms with Crippen molar-refractivity contribution in [3.63, 3.8) is 0 Å². The average molecular weight is 377 g/mol. The van der Waals surface area contributed by atoms with Crippen molar-refractivity contribution in [2.75, 3.05) is 11.5 Å². The predicted molar refractivity (Wildman–Crippen MR) is 105 cm³/mol. The normalized spacial score (nSPS) is 24.2. The third-order valence-corrected chi connectivity index (χ3v) is 5.81. The van der Waals surface area contributed by atoms with E-state index in [0.717, 1.165) is 6.42 Å². The number of imide groups is 1. The number of amides is 2. The fourth-order valence-electron chi connectivity index (χ4n) is 4.45. The molecule has 3 atom stereocenters. The zero-order valence-electron chi connectivity index (χ0n) is 15.8. The Morgan fingerprint density at radius 1 is 1.00 bits per heavy atom. The molecule has 28 heavy (non-hydrogen) atoms. The van der Waals surface area contributed by atoms with Crippen LogP contribution in [0.2, 0.25) is 0 Å². The van der Waals surface area contributed by atoms with E-state index >= 15 is 0 Å². The summed E-state index contributed by atoms with van der Waals surface area (Å²) in [6.45, 7) is 2.01. The summed E-state index contributed by atoms with van der Waals surface area (Å²) in [4.78, 5) is 39.4. The molecule has 3 unspecified atom stereocenters. The minimum atomic E-state index is -0.454. The van der Waals surface area contributed by atoms with Gasteiger partial charge in [-0.15, -0.1) is 0 Å². The first-order valence-corrected chi connectivity index (χ1v) is 9.80. The summed E-state index contributed by atoms with van der Waals surface area (Å²) >= 11 is 0. The number of esters is 1. The Bertz CT molecular complexity index is 908. The van der Waals surface area contributed by atoms with Crippen molar-refractivity contribution in [2.24, 2.45) is 11.8 Å². The molecule has 1 saturated heterocycles. The monoisotopic (exact) mass is 377 g/mol. The van der Waals surface area contributed by atoms with Gasteiger partial charge in [-0.25, -0.2) is 4.79 Å². The van der Waals surface area contributed by atoms with E-state index in [9.17, 15) is 14.4 Å². The number of fused-ring (bicyclic) bond motifs is 1. The van der Waals surface area contributed by atoms with Crippen LogP contribution in [-0.4, -0.2) is 24.4 Å². The Hall–Kier alpha value is -2.95. The number of ether oxygens (including phenoxy) is 1. The van der Waals surface area contributed by atoms with Gasteiger partial charge in [0.05, 0.1) is 29.7 Å². The Balaban J connectivity index is 1.58. The zero-order valence-corrected chi connectivity index (χ0v) is 15.8. The maximum Gasteiger partial charge on any atom is 0.338 e. The van der Waals surface area contributed by atoms with Gasteiger partial charge in [0.2, 0.25) is 11.8 Å². The molecule has 4 rings (SSSR count). The quantitative estimate of drug-likeness (QED) is 0.598. The van der Waals surface area contributed by atoms with Crippen molar-refractivity contribution >= 4 is 23.5 Å². The van der Waals surface area contributed by atoms with Crippen LogP contribution >= 0.6 is 0 Å². The maximum atomic E-state index is 13.1. The lowest BCUT2D eigenvalue weighted by Gasteiger charge is -2.28. The van der Waals surface area contributed by atoms with Crippen LogP contribution in [0, 0.1) is 11.8 Å². The number of carbonyl (C=O) groups is 3. The van der Waals surface area contributed by atoms with E-state index in [1.807, 2.05) is 18.2 Å². The molecule has 5 heteroatoms. The lowest BCUT2D eigenvalue weighted by Crippen LogP contribution is -2.31. The highest BCUT2D eigenvalue weighted by Gasteiger charge is 2.50. The van der Waals surface area contributed by atoms with Crippen LogP contribution in [0.3, 0.4) is 0 Å². The number of benzene rings is 2. The lowest BCUT2D eigenvalue weighted by molar-refractivity contribution is -0.122. The minimum Gasteiger partial charge on any atom is -0.462 e. The molecular weight excluding hydrogens is 354 g/mol. The molecular formula is C23H23NO4. The molecule has 1 saturated carbocycles. The SMILES string of the molecule is CCOC(=O)c1cccc(N2C(=O)C3CCC(c4ccccc4)CC3C2=O)c1. The van der Waals surface area contributed by atoms with Gasteiger partial charge in [-0.3, -0.25) is 14.5 Å². The van der Waals surface area contributed by atoms with E-state index in [2.05, 4.69) is 12.1 Å². The summed E-state index contributed by atoms with van der Waals surface area (Å²) in [6, 6.07) is 16.8. The van der Waals surface area contributed by atoms with E-state index in [0.29, 0.717) is 30.0 Å². The van der Waals surface area contributed by atoms with Crippen LogP contribution in [0.4, 0.5) is 5.69 Å². The Morgan fingerprint density at radius 3 is 2.50 bits per heavy atom. The highest BCUT2D eigenvalue weighted by atomic mass is 16.5. The van der Waals surface area contributed by atoms with E-state index in [1.165, 1.54) is 10.5 Å². The van der Waals surface area contributed by atoms with Crippen LogP contribution in [0.25, 0.3) is 0 Å². The van der Waals surface area contributed by atoms with Crippen LogP contribution in [0.5, 0.6) is 0 Å². The molecule has 144 valence electrons. The van der Waals surface area contributed by atoms with Gasteiger partial charge in [-0.05, 0) is 55.9 Å². The number of nitrogens with zero attached hydrogens (tertiary/aromatic N) is 1. The van der Waals surface area contributed by atoms with Gasteiger partial charge in [0, 0.05) is 0 Å². The molecule has 1 aliphatic heterocycles. The zero-order chi connectivity index (χ0) is 19.7. The molecule has 2 amide bonds. The van der Waals surface area contributed by atoms with E-state index in [1.54, 1.807) is 31.2 Å². The second-order valence-electron chi connectivity index (χ2n) is 7.42. The van der Waals surface area contributed by atoms with E-state index in [4.69, 9.17) is 4.74 Å². The Morgan fingerprint density at radius 2 is 1.75 bits per heavy atom. The summed E-state index contributed by atoms with van der Waals surface area (Å²) in [5.41, 5.74) is 2.02. The third-order valence-electron chi connectivity index (χ3n) is 5.81. The van der Waals surface area contributed by atoms with Crippen molar-refractivity contribution in [1.29, 1.82) is 0 Å². The van der Waals surface area contributed by atoms with Gasteiger partial charge < -0.3 is 4.74 Å². The molecule has 0 aromatic heterocycles. The van der Waals surface area contributed by atoms with Gasteiger partial charge in [0.25, 0.3) is 0 Å². The Kier molecular flexibility index (Phi) is 4.99. The van der Waals surface area contributed by atoms with Crippen molar-refractivity contribution in [2.45, 2.75) is 32.1 Å². The average Bonchev–Trinajstić information content (AvgIpc) is 2.99.